The minimum Gasteiger partial charge on any atom is -0.398 e. The molecule has 0 bridgehead atoms. The van der Waals surface area contributed by atoms with E-state index in [0.29, 0.717) is 5.56 Å². The Morgan fingerprint density at radius 2 is 2.10 bits per heavy atom. The molecule has 3 N–H and O–H groups in total. The lowest BCUT2D eigenvalue weighted by atomic mass is 10.2. The zero-order chi connectivity index (χ0) is 14.9. The molecule has 4 nitrogen and oxygen atoms in total. The molecule has 0 radical (unpaired) electrons. The molecule has 0 amide bonds. The molecule has 0 saturated heterocycles. The summed E-state index contributed by atoms with van der Waals surface area (Å²) >= 11 is 1.64. The van der Waals surface area contributed by atoms with Crippen LogP contribution in [0.25, 0.3) is 0 Å². The van der Waals surface area contributed by atoms with E-state index in [4.69, 9.17) is 5.73 Å². The van der Waals surface area contributed by atoms with Crippen LogP contribution < -0.4 is 10.5 Å². The number of nitrogens with two attached hydrogens (primary N) is 1. The van der Waals surface area contributed by atoms with E-state index < -0.39 is 15.8 Å². The third-order valence-corrected chi connectivity index (χ3v) is 6.35. The number of halogens is 1. The fourth-order valence-electron chi connectivity index (χ4n) is 2.48. The predicted molar refractivity (Wildman–Crippen MR) is 80.8 cm³/mol. The predicted octanol–water partition coefficient (Wildman–Crippen LogP) is 2.28. The van der Waals surface area contributed by atoms with Gasteiger partial charge in [0, 0.05) is 17.0 Å². The van der Waals surface area contributed by atoms with Gasteiger partial charge in [-0.3, -0.25) is 0 Å². The van der Waals surface area contributed by atoms with Crippen LogP contribution in [0, 0.1) is 12.7 Å². The molecular formula is C13H19FN2O2S2. The van der Waals surface area contributed by atoms with Gasteiger partial charge in [-0.25, -0.2) is 17.5 Å². The van der Waals surface area contributed by atoms with Crippen molar-refractivity contribution in [2.75, 3.05) is 12.0 Å². The minimum absolute atomic E-state index is 0.142. The Balaban J connectivity index is 2.29. The van der Waals surface area contributed by atoms with Crippen molar-refractivity contribution in [1.29, 1.82) is 0 Å². The SMILES string of the molecule is CSC1CCCC1NS(=O)(=O)c1cc(N)c(C)cc1F. The molecule has 1 aliphatic rings. The second-order valence-corrected chi connectivity index (χ2v) is 7.83. The molecule has 2 unspecified atom stereocenters. The Bertz CT molecular complexity index is 605. The zero-order valence-electron chi connectivity index (χ0n) is 11.5. The Labute approximate surface area is 123 Å². The standard InChI is InChI=1S/C13H19FN2O2S2/c1-8-6-9(14)13(7-10(8)15)20(17,18)16-11-4-3-5-12(11)19-2/h6-7,11-12,16H,3-5,15H2,1-2H3. The zero-order valence-corrected chi connectivity index (χ0v) is 13.2. The van der Waals surface area contributed by atoms with Gasteiger partial charge >= 0.3 is 0 Å². The highest BCUT2D eigenvalue weighted by Crippen LogP contribution is 2.30. The summed E-state index contributed by atoms with van der Waals surface area (Å²) in [6, 6.07) is 2.21. The maximum atomic E-state index is 13.9. The summed E-state index contributed by atoms with van der Waals surface area (Å²) < 4.78 is 41.2. The maximum absolute atomic E-state index is 13.9. The summed E-state index contributed by atoms with van der Waals surface area (Å²) in [5.74, 6) is -0.761. The van der Waals surface area contributed by atoms with Crippen molar-refractivity contribution in [1.82, 2.24) is 4.72 Å². The van der Waals surface area contributed by atoms with Crippen molar-refractivity contribution in [2.45, 2.75) is 42.4 Å². The number of nitrogen functional groups attached to an aromatic ring is 1. The molecule has 1 fully saturated rings. The highest BCUT2D eigenvalue weighted by molar-refractivity contribution is 7.99. The molecule has 7 heteroatoms. The van der Waals surface area contributed by atoms with E-state index in [1.54, 1.807) is 18.7 Å². The molecule has 1 aliphatic carbocycles. The van der Waals surface area contributed by atoms with Crippen molar-refractivity contribution in [2.24, 2.45) is 0 Å². The first-order valence-corrected chi connectivity index (χ1v) is 9.23. The maximum Gasteiger partial charge on any atom is 0.243 e. The Kier molecular flexibility index (Phi) is 4.61. The van der Waals surface area contributed by atoms with E-state index in [1.165, 1.54) is 6.07 Å². The van der Waals surface area contributed by atoms with Crippen molar-refractivity contribution < 1.29 is 12.8 Å². The van der Waals surface area contributed by atoms with E-state index >= 15 is 0 Å². The number of hydrogen-bond donors (Lipinski definition) is 2. The molecular weight excluding hydrogens is 299 g/mol. The summed E-state index contributed by atoms with van der Waals surface area (Å²) in [7, 11) is -3.87. The van der Waals surface area contributed by atoms with Crippen LogP contribution in [0.5, 0.6) is 0 Å². The first kappa shape index (κ1) is 15.6. The van der Waals surface area contributed by atoms with E-state index in [9.17, 15) is 12.8 Å². The van der Waals surface area contributed by atoms with E-state index in [1.807, 2.05) is 6.26 Å². The number of benzene rings is 1. The first-order chi connectivity index (χ1) is 9.35. The van der Waals surface area contributed by atoms with Gasteiger partial charge in [0.05, 0.1) is 0 Å². The van der Waals surface area contributed by atoms with Gasteiger partial charge in [-0.1, -0.05) is 6.42 Å². The lowest BCUT2D eigenvalue weighted by Gasteiger charge is -2.19. The molecule has 1 saturated carbocycles. The molecule has 2 rings (SSSR count). The third-order valence-electron chi connectivity index (χ3n) is 3.67. The summed E-state index contributed by atoms with van der Waals surface area (Å²) in [4.78, 5) is -0.368. The Morgan fingerprint density at radius 1 is 1.40 bits per heavy atom. The Morgan fingerprint density at radius 3 is 2.75 bits per heavy atom. The highest BCUT2D eigenvalue weighted by atomic mass is 32.2. The number of sulfonamides is 1. The molecule has 1 aromatic rings. The third kappa shape index (κ3) is 3.10. The summed E-state index contributed by atoms with van der Waals surface area (Å²) in [6.07, 6.45) is 4.71. The van der Waals surface area contributed by atoms with E-state index in [2.05, 4.69) is 4.72 Å². The quantitative estimate of drug-likeness (QED) is 0.836. The number of thioether (sulfide) groups is 1. The number of aryl methyl sites for hydroxylation is 1. The number of nitrogens with one attached hydrogen (secondary N) is 1. The lowest BCUT2D eigenvalue weighted by molar-refractivity contribution is 0.539. The first-order valence-electron chi connectivity index (χ1n) is 6.46. The van der Waals surface area contributed by atoms with Crippen LogP contribution in [-0.2, 0) is 10.0 Å². The Hall–Kier alpha value is -0.790. The molecule has 0 aromatic heterocycles. The molecule has 2 atom stereocenters. The fraction of sp³-hybridized carbons (Fsp3) is 0.538. The largest absolute Gasteiger partial charge is 0.398 e. The van der Waals surface area contributed by atoms with Gasteiger partial charge in [0.2, 0.25) is 10.0 Å². The molecule has 0 spiro atoms. The van der Waals surface area contributed by atoms with Crippen molar-refractivity contribution in [3.8, 4) is 0 Å². The lowest BCUT2D eigenvalue weighted by Crippen LogP contribution is -2.38. The molecule has 0 heterocycles. The van der Waals surface area contributed by atoms with E-state index in [0.717, 1.165) is 25.3 Å². The van der Waals surface area contributed by atoms with Crippen LogP contribution in [0.4, 0.5) is 10.1 Å². The molecule has 1 aromatic carbocycles. The van der Waals surface area contributed by atoms with Crippen LogP contribution in [0.1, 0.15) is 24.8 Å². The van der Waals surface area contributed by atoms with Gasteiger partial charge in [0.25, 0.3) is 0 Å². The van der Waals surface area contributed by atoms with Crippen LogP contribution in [-0.4, -0.2) is 26.0 Å². The molecule has 20 heavy (non-hydrogen) atoms. The van der Waals surface area contributed by atoms with Gasteiger partial charge in [-0.15, -0.1) is 0 Å². The van der Waals surface area contributed by atoms with Crippen LogP contribution in [0.15, 0.2) is 17.0 Å². The number of hydrogen-bond acceptors (Lipinski definition) is 4. The van der Waals surface area contributed by atoms with Crippen molar-refractivity contribution >= 4 is 27.5 Å². The summed E-state index contributed by atoms with van der Waals surface area (Å²) in [5.41, 5.74) is 6.49. The number of rotatable bonds is 4. The van der Waals surface area contributed by atoms with Crippen LogP contribution in [0.2, 0.25) is 0 Å². The second-order valence-electron chi connectivity index (χ2n) is 5.07. The van der Waals surface area contributed by atoms with E-state index in [-0.39, 0.29) is 21.9 Å². The van der Waals surface area contributed by atoms with Gasteiger partial charge in [0.1, 0.15) is 10.7 Å². The smallest absolute Gasteiger partial charge is 0.243 e. The number of anilines is 1. The molecule has 0 aliphatic heterocycles. The highest BCUT2D eigenvalue weighted by Gasteiger charge is 2.32. The van der Waals surface area contributed by atoms with Crippen molar-refractivity contribution in [3.63, 3.8) is 0 Å². The summed E-state index contributed by atoms with van der Waals surface area (Å²) in [6.45, 7) is 1.64. The fourth-order valence-corrected chi connectivity index (χ4v) is 4.91. The average molecular weight is 318 g/mol. The average Bonchev–Trinajstić information content (AvgIpc) is 2.80. The van der Waals surface area contributed by atoms with Gasteiger partial charge in [0.15, 0.2) is 0 Å². The monoisotopic (exact) mass is 318 g/mol. The van der Waals surface area contributed by atoms with Crippen molar-refractivity contribution in [3.05, 3.63) is 23.5 Å². The second kappa shape index (κ2) is 5.91. The normalized spacial score (nSPS) is 23.1. The molecule has 112 valence electrons. The van der Waals surface area contributed by atoms with Gasteiger partial charge in [-0.2, -0.15) is 11.8 Å². The van der Waals surface area contributed by atoms with Gasteiger partial charge in [-0.05, 0) is 43.7 Å². The summed E-state index contributed by atoms with van der Waals surface area (Å²) in [5, 5.41) is 0.246. The van der Waals surface area contributed by atoms with Gasteiger partial charge < -0.3 is 5.73 Å². The minimum atomic E-state index is -3.87. The topological polar surface area (TPSA) is 72.2 Å². The van der Waals surface area contributed by atoms with Crippen LogP contribution >= 0.6 is 11.8 Å². The van der Waals surface area contributed by atoms with Crippen LogP contribution in [0.3, 0.4) is 0 Å².